The molecule has 0 bridgehead atoms. The van der Waals surface area contributed by atoms with Crippen molar-refractivity contribution in [3.05, 3.63) is 52.9 Å². The lowest BCUT2D eigenvalue weighted by molar-refractivity contribution is 0.0939. The maximum Gasteiger partial charge on any atom is 0.255 e. The summed E-state index contributed by atoms with van der Waals surface area (Å²) in [5.41, 5.74) is 1.05. The molecule has 1 heterocycles. The quantitative estimate of drug-likeness (QED) is 0.860. The van der Waals surface area contributed by atoms with Crippen LogP contribution in [0.4, 0.5) is 0 Å². The number of carbonyl (C=O) groups is 1. The van der Waals surface area contributed by atoms with E-state index in [1.165, 1.54) is 19.6 Å². The third kappa shape index (κ3) is 4.00. The first-order valence-electron chi connectivity index (χ1n) is 6.43. The van der Waals surface area contributed by atoms with Crippen LogP contribution in [0.1, 0.15) is 28.4 Å². The van der Waals surface area contributed by atoms with Gasteiger partial charge in [-0.3, -0.25) is 4.79 Å². The zero-order valence-electron chi connectivity index (χ0n) is 11.5. The van der Waals surface area contributed by atoms with Gasteiger partial charge in [0.2, 0.25) is 0 Å². The number of aliphatic hydroxyl groups is 1. The zero-order chi connectivity index (χ0) is 15.2. The van der Waals surface area contributed by atoms with Crippen LogP contribution in [0.2, 0.25) is 5.02 Å². The minimum atomic E-state index is -0.676. The topological polar surface area (TPSA) is 71.7 Å². The Morgan fingerprint density at radius 1 is 1.48 bits per heavy atom. The molecular formula is C15H16ClNO4. The molecule has 0 radical (unpaired) electrons. The summed E-state index contributed by atoms with van der Waals surface area (Å²) in [6.45, 7) is 0.320. The van der Waals surface area contributed by atoms with Crippen molar-refractivity contribution in [1.29, 1.82) is 0 Å². The number of hydrogen-bond acceptors (Lipinski definition) is 4. The van der Waals surface area contributed by atoms with Gasteiger partial charge < -0.3 is 19.6 Å². The lowest BCUT2D eigenvalue weighted by Crippen LogP contribution is -2.26. The Kier molecular flexibility index (Phi) is 5.25. The molecule has 0 aliphatic heterocycles. The Labute approximate surface area is 127 Å². The highest BCUT2D eigenvalue weighted by atomic mass is 35.5. The molecule has 0 aliphatic carbocycles. The van der Waals surface area contributed by atoms with Gasteiger partial charge >= 0.3 is 0 Å². The molecule has 5 nitrogen and oxygen atoms in total. The molecule has 1 aromatic heterocycles. The zero-order valence-corrected chi connectivity index (χ0v) is 12.3. The normalized spacial score (nSPS) is 12.0. The summed E-state index contributed by atoms with van der Waals surface area (Å²) in [6, 6.07) is 6.52. The predicted molar refractivity (Wildman–Crippen MR) is 78.6 cm³/mol. The summed E-state index contributed by atoms with van der Waals surface area (Å²) in [4.78, 5) is 12.1. The average molecular weight is 310 g/mol. The fourth-order valence-electron chi connectivity index (χ4n) is 1.91. The maximum absolute atomic E-state index is 12.1. The Morgan fingerprint density at radius 3 is 2.95 bits per heavy atom. The van der Waals surface area contributed by atoms with Crippen LogP contribution in [0.5, 0.6) is 5.75 Å². The Bertz CT molecular complexity index is 598. The summed E-state index contributed by atoms with van der Waals surface area (Å²) >= 11 is 5.88. The van der Waals surface area contributed by atoms with Gasteiger partial charge in [0, 0.05) is 17.1 Å². The van der Waals surface area contributed by atoms with E-state index in [0.29, 0.717) is 34.9 Å². The van der Waals surface area contributed by atoms with E-state index < -0.39 is 6.10 Å². The molecule has 0 fully saturated rings. The average Bonchev–Trinajstić information content (AvgIpc) is 3.01. The number of carbonyl (C=O) groups excluding carboxylic acids is 1. The van der Waals surface area contributed by atoms with E-state index >= 15 is 0 Å². The molecule has 6 heteroatoms. The molecule has 1 aromatic carbocycles. The van der Waals surface area contributed by atoms with Crippen LogP contribution in [0.25, 0.3) is 0 Å². The highest BCUT2D eigenvalue weighted by molar-refractivity contribution is 6.31. The van der Waals surface area contributed by atoms with Crippen LogP contribution in [-0.2, 0) is 0 Å². The van der Waals surface area contributed by atoms with Crippen molar-refractivity contribution in [2.75, 3.05) is 13.7 Å². The molecular weight excluding hydrogens is 294 g/mol. The van der Waals surface area contributed by atoms with Crippen LogP contribution in [-0.4, -0.2) is 24.7 Å². The van der Waals surface area contributed by atoms with Crippen molar-refractivity contribution < 1.29 is 19.1 Å². The van der Waals surface area contributed by atoms with Crippen LogP contribution < -0.4 is 10.1 Å². The van der Waals surface area contributed by atoms with E-state index in [4.69, 9.17) is 20.8 Å². The third-order valence-electron chi connectivity index (χ3n) is 3.04. The van der Waals surface area contributed by atoms with Gasteiger partial charge in [0.05, 0.1) is 31.3 Å². The molecule has 1 atom stereocenters. The fourth-order valence-corrected chi connectivity index (χ4v) is 2.08. The molecule has 21 heavy (non-hydrogen) atoms. The SMILES string of the molecule is COc1ccc(Cl)cc1C(=O)NCC[C@H](O)c1ccoc1. The third-order valence-corrected chi connectivity index (χ3v) is 3.27. The highest BCUT2D eigenvalue weighted by Gasteiger charge is 2.14. The minimum Gasteiger partial charge on any atom is -0.496 e. The number of aliphatic hydroxyl groups excluding tert-OH is 1. The molecule has 0 unspecified atom stereocenters. The standard InChI is InChI=1S/C15H16ClNO4/c1-20-14-3-2-11(16)8-12(14)15(19)17-6-4-13(18)10-5-7-21-9-10/h2-3,5,7-9,13,18H,4,6H2,1H3,(H,17,19)/t13-/m0/s1. The van der Waals surface area contributed by atoms with Gasteiger partial charge in [-0.2, -0.15) is 0 Å². The van der Waals surface area contributed by atoms with Gasteiger partial charge in [0.15, 0.2) is 0 Å². The largest absolute Gasteiger partial charge is 0.496 e. The van der Waals surface area contributed by atoms with Crippen LogP contribution in [0.3, 0.4) is 0 Å². The van der Waals surface area contributed by atoms with Crippen molar-refractivity contribution in [3.8, 4) is 5.75 Å². The number of rotatable bonds is 6. The molecule has 2 aromatic rings. The Balaban J connectivity index is 1.91. The minimum absolute atomic E-state index is 0.297. The number of furan rings is 1. The van der Waals surface area contributed by atoms with Crippen molar-refractivity contribution in [3.63, 3.8) is 0 Å². The van der Waals surface area contributed by atoms with Gasteiger partial charge in [0.25, 0.3) is 5.91 Å². The monoisotopic (exact) mass is 309 g/mol. The van der Waals surface area contributed by atoms with E-state index in [2.05, 4.69) is 5.32 Å². The summed E-state index contributed by atoms with van der Waals surface area (Å²) in [7, 11) is 1.49. The van der Waals surface area contributed by atoms with Gasteiger partial charge in [-0.05, 0) is 30.7 Å². The summed E-state index contributed by atoms with van der Waals surface area (Å²) in [5, 5.41) is 13.1. The second-order valence-electron chi connectivity index (χ2n) is 4.46. The lowest BCUT2D eigenvalue weighted by Gasteiger charge is -2.11. The van der Waals surface area contributed by atoms with Crippen LogP contribution in [0, 0.1) is 0 Å². The number of ether oxygens (including phenoxy) is 1. The van der Waals surface area contributed by atoms with Crippen molar-refractivity contribution in [1.82, 2.24) is 5.32 Å². The van der Waals surface area contributed by atoms with E-state index in [9.17, 15) is 9.90 Å². The molecule has 1 amide bonds. The van der Waals surface area contributed by atoms with Crippen molar-refractivity contribution in [2.24, 2.45) is 0 Å². The molecule has 2 rings (SSSR count). The molecule has 0 saturated carbocycles. The summed E-state index contributed by atoms with van der Waals surface area (Å²) < 4.78 is 10.0. The van der Waals surface area contributed by atoms with Gasteiger partial charge in [-0.1, -0.05) is 11.6 Å². The molecule has 0 aliphatic rings. The van der Waals surface area contributed by atoms with Gasteiger partial charge in [-0.25, -0.2) is 0 Å². The summed E-state index contributed by atoms with van der Waals surface area (Å²) in [6.07, 6.45) is 2.68. The summed E-state index contributed by atoms with van der Waals surface area (Å²) in [5.74, 6) is 0.154. The second kappa shape index (κ2) is 7.15. The Morgan fingerprint density at radius 2 is 2.29 bits per heavy atom. The maximum atomic E-state index is 12.1. The van der Waals surface area contributed by atoms with Crippen molar-refractivity contribution >= 4 is 17.5 Å². The number of amides is 1. The lowest BCUT2D eigenvalue weighted by atomic mass is 10.1. The first kappa shape index (κ1) is 15.4. The highest BCUT2D eigenvalue weighted by Crippen LogP contribution is 2.22. The molecule has 2 N–H and O–H groups in total. The molecule has 112 valence electrons. The number of hydrogen-bond donors (Lipinski definition) is 2. The smallest absolute Gasteiger partial charge is 0.255 e. The first-order chi connectivity index (χ1) is 10.1. The van der Waals surface area contributed by atoms with Gasteiger partial charge in [0.1, 0.15) is 5.75 Å². The number of halogens is 1. The fraction of sp³-hybridized carbons (Fsp3) is 0.267. The van der Waals surface area contributed by atoms with E-state index in [1.54, 1.807) is 24.3 Å². The molecule has 0 saturated heterocycles. The Hall–Kier alpha value is -1.98. The number of nitrogens with one attached hydrogen (secondary N) is 1. The van der Waals surface area contributed by atoms with Crippen LogP contribution >= 0.6 is 11.6 Å². The van der Waals surface area contributed by atoms with E-state index in [0.717, 1.165) is 0 Å². The first-order valence-corrected chi connectivity index (χ1v) is 6.81. The van der Waals surface area contributed by atoms with E-state index in [-0.39, 0.29) is 5.91 Å². The number of methoxy groups -OCH3 is 1. The molecule has 0 spiro atoms. The number of benzene rings is 1. The van der Waals surface area contributed by atoms with Crippen molar-refractivity contribution in [2.45, 2.75) is 12.5 Å². The predicted octanol–water partition coefficient (Wildman–Crippen LogP) is 2.80. The van der Waals surface area contributed by atoms with Crippen LogP contribution in [0.15, 0.2) is 41.2 Å². The second-order valence-corrected chi connectivity index (χ2v) is 4.90. The van der Waals surface area contributed by atoms with Gasteiger partial charge in [-0.15, -0.1) is 0 Å². The van der Waals surface area contributed by atoms with E-state index in [1.807, 2.05) is 0 Å².